The van der Waals surface area contributed by atoms with E-state index in [0.717, 1.165) is 4.90 Å². The van der Waals surface area contributed by atoms with E-state index < -0.39 is 17.6 Å². The van der Waals surface area contributed by atoms with Crippen molar-refractivity contribution in [1.82, 2.24) is 4.90 Å². The van der Waals surface area contributed by atoms with Crippen LogP contribution in [0.25, 0.3) is 0 Å². The first kappa shape index (κ1) is 10.8. The van der Waals surface area contributed by atoms with E-state index in [1.807, 2.05) is 6.92 Å². The molecule has 14 heavy (non-hydrogen) atoms. The van der Waals surface area contributed by atoms with Gasteiger partial charge in [-0.15, -0.1) is 0 Å². The van der Waals surface area contributed by atoms with Gasteiger partial charge in [0.25, 0.3) is 0 Å². The Balaban J connectivity index is 2.95. The van der Waals surface area contributed by atoms with Gasteiger partial charge in [-0.3, -0.25) is 4.90 Å². The molecule has 2 N–H and O–H groups in total. The summed E-state index contributed by atoms with van der Waals surface area (Å²) < 4.78 is 0. The van der Waals surface area contributed by atoms with E-state index in [-0.39, 0.29) is 0 Å². The van der Waals surface area contributed by atoms with Crippen LogP contribution in [0.3, 0.4) is 0 Å². The number of carbonyl (C=O) groups is 2. The molecule has 1 heterocycles. The minimum atomic E-state index is -1.17. The van der Waals surface area contributed by atoms with Gasteiger partial charge in [0.15, 0.2) is 0 Å². The molecule has 80 valence electrons. The van der Waals surface area contributed by atoms with Crippen LogP contribution in [0.5, 0.6) is 0 Å². The zero-order valence-corrected chi connectivity index (χ0v) is 8.19. The second-order valence-electron chi connectivity index (χ2n) is 3.62. The van der Waals surface area contributed by atoms with Gasteiger partial charge in [-0.25, -0.2) is 9.59 Å². The third-order valence-electron chi connectivity index (χ3n) is 2.78. The SMILES string of the molecule is CCC[C@]1(C(=O)O)CCCN1C(=O)O. The van der Waals surface area contributed by atoms with E-state index in [1.165, 1.54) is 0 Å². The van der Waals surface area contributed by atoms with Crippen LogP contribution >= 0.6 is 0 Å². The third-order valence-corrected chi connectivity index (χ3v) is 2.78. The maximum Gasteiger partial charge on any atom is 0.408 e. The molecule has 1 aliphatic rings. The maximum absolute atomic E-state index is 11.1. The smallest absolute Gasteiger partial charge is 0.408 e. The van der Waals surface area contributed by atoms with Crippen LogP contribution in [0, 0.1) is 0 Å². The van der Waals surface area contributed by atoms with Gasteiger partial charge >= 0.3 is 12.1 Å². The van der Waals surface area contributed by atoms with Gasteiger partial charge in [-0.05, 0) is 19.3 Å². The maximum atomic E-state index is 11.1. The molecule has 0 aromatic heterocycles. The number of aliphatic carboxylic acids is 1. The van der Waals surface area contributed by atoms with Gasteiger partial charge in [0, 0.05) is 6.54 Å². The lowest BCUT2D eigenvalue weighted by Crippen LogP contribution is -2.52. The van der Waals surface area contributed by atoms with E-state index in [2.05, 4.69) is 0 Å². The molecule has 0 spiro atoms. The van der Waals surface area contributed by atoms with Crippen molar-refractivity contribution in [3.63, 3.8) is 0 Å². The molecule has 5 nitrogen and oxygen atoms in total. The Hall–Kier alpha value is -1.26. The van der Waals surface area contributed by atoms with Crippen molar-refractivity contribution in [1.29, 1.82) is 0 Å². The summed E-state index contributed by atoms with van der Waals surface area (Å²) in [5.41, 5.74) is -1.17. The Bertz CT molecular complexity index is 253. The quantitative estimate of drug-likeness (QED) is 0.723. The molecule has 1 saturated heterocycles. The number of carboxylic acid groups (broad SMARTS) is 2. The molecule has 0 aliphatic carbocycles. The Labute approximate surface area is 82.3 Å². The van der Waals surface area contributed by atoms with E-state index in [9.17, 15) is 9.59 Å². The van der Waals surface area contributed by atoms with Crippen molar-refractivity contribution in [2.75, 3.05) is 6.54 Å². The molecular formula is C9H15NO4. The normalized spacial score (nSPS) is 26.5. The number of nitrogens with zero attached hydrogens (tertiary/aromatic N) is 1. The van der Waals surface area contributed by atoms with Gasteiger partial charge in [0.05, 0.1) is 0 Å². The topological polar surface area (TPSA) is 77.8 Å². The van der Waals surface area contributed by atoms with Crippen LogP contribution in [0.2, 0.25) is 0 Å². The predicted molar refractivity (Wildman–Crippen MR) is 49.2 cm³/mol. The van der Waals surface area contributed by atoms with Crippen LogP contribution in [0.4, 0.5) is 4.79 Å². The van der Waals surface area contributed by atoms with E-state index in [4.69, 9.17) is 10.2 Å². The van der Waals surface area contributed by atoms with Crippen LogP contribution in [-0.4, -0.2) is 39.3 Å². The summed E-state index contributed by atoms with van der Waals surface area (Å²) in [6.07, 6.45) is 1.02. The Morgan fingerprint density at radius 2 is 2.07 bits per heavy atom. The number of carboxylic acids is 1. The predicted octanol–water partition coefficient (Wildman–Crippen LogP) is 1.38. The fourth-order valence-corrected chi connectivity index (χ4v) is 2.16. The van der Waals surface area contributed by atoms with Crippen LogP contribution in [0.1, 0.15) is 32.6 Å². The summed E-state index contributed by atoms with van der Waals surface area (Å²) >= 11 is 0. The van der Waals surface area contributed by atoms with Crippen LogP contribution in [-0.2, 0) is 4.79 Å². The van der Waals surface area contributed by atoms with E-state index in [0.29, 0.717) is 32.2 Å². The summed E-state index contributed by atoms with van der Waals surface area (Å²) in [4.78, 5) is 23.1. The Morgan fingerprint density at radius 1 is 1.43 bits per heavy atom. The average molecular weight is 201 g/mol. The summed E-state index contributed by atoms with van der Waals surface area (Å²) in [6.45, 7) is 2.20. The summed E-state index contributed by atoms with van der Waals surface area (Å²) in [7, 11) is 0. The molecular weight excluding hydrogens is 186 g/mol. The highest BCUT2D eigenvalue weighted by atomic mass is 16.4. The molecule has 0 radical (unpaired) electrons. The van der Waals surface area contributed by atoms with Crippen molar-refractivity contribution in [3.8, 4) is 0 Å². The molecule has 1 fully saturated rings. The van der Waals surface area contributed by atoms with Crippen LogP contribution < -0.4 is 0 Å². The number of rotatable bonds is 3. The van der Waals surface area contributed by atoms with Gasteiger partial charge in [0.1, 0.15) is 5.54 Å². The summed E-state index contributed by atoms with van der Waals surface area (Å²) in [5.74, 6) is -1.01. The second kappa shape index (κ2) is 3.86. The lowest BCUT2D eigenvalue weighted by atomic mass is 9.91. The first-order valence-corrected chi connectivity index (χ1v) is 4.78. The fourth-order valence-electron chi connectivity index (χ4n) is 2.16. The Morgan fingerprint density at radius 3 is 2.50 bits per heavy atom. The number of amides is 1. The highest BCUT2D eigenvalue weighted by Gasteiger charge is 2.49. The number of hydrogen-bond donors (Lipinski definition) is 2. The van der Waals surface area contributed by atoms with Gasteiger partial charge in [-0.1, -0.05) is 13.3 Å². The summed E-state index contributed by atoms with van der Waals surface area (Å²) in [6, 6.07) is 0. The molecule has 1 rings (SSSR count). The van der Waals surface area contributed by atoms with Crippen LogP contribution in [0.15, 0.2) is 0 Å². The third kappa shape index (κ3) is 1.54. The first-order chi connectivity index (χ1) is 6.54. The highest BCUT2D eigenvalue weighted by Crippen LogP contribution is 2.33. The molecule has 1 aliphatic heterocycles. The molecule has 0 unspecified atom stereocenters. The fraction of sp³-hybridized carbons (Fsp3) is 0.778. The monoisotopic (exact) mass is 201 g/mol. The average Bonchev–Trinajstić information content (AvgIpc) is 2.50. The van der Waals surface area contributed by atoms with Crippen molar-refractivity contribution in [2.24, 2.45) is 0 Å². The lowest BCUT2D eigenvalue weighted by Gasteiger charge is -2.32. The standard InChI is InChI=1S/C9H15NO4/c1-2-4-9(7(11)12)5-3-6-10(9)8(13)14/h2-6H2,1H3,(H,11,12)(H,13,14)/t9-/m1/s1. The minimum absolute atomic E-state index is 0.335. The van der Waals surface area contributed by atoms with Crippen molar-refractivity contribution < 1.29 is 19.8 Å². The zero-order chi connectivity index (χ0) is 10.8. The number of likely N-dealkylation sites (tertiary alicyclic amines) is 1. The second-order valence-corrected chi connectivity index (χ2v) is 3.62. The van der Waals surface area contributed by atoms with E-state index in [1.54, 1.807) is 0 Å². The minimum Gasteiger partial charge on any atom is -0.479 e. The molecule has 0 aromatic carbocycles. The van der Waals surface area contributed by atoms with Gasteiger partial charge < -0.3 is 10.2 Å². The molecule has 5 heteroatoms. The molecule has 0 saturated carbocycles. The van der Waals surface area contributed by atoms with Gasteiger partial charge in [0.2, 0.25) is 0 Å². The van der Waals surface area contributed by atoms with Crippen molar-refractivity contribution in [2.45, 2.75) is 38.1 Å². The molecule has 1 amide bonds. The lowest BCUT2D eigenvalue weighted by molar-refractivity contribution is -0.149. The number of hydrogen-bond acceptors (Lipinski definition) is 2. The highest BCUT2D eigenvalue weighted by molar-refractivity contribution is 5.84. The van der Waals surface area contributed by atoms with Gasteiger partial charge in [-0.2, -0.15) is 0 Å². The molecule has 1 atom stereocenters. The van der Waals surface area contributed by atoms with E-state index >= 15 is 0 Å². The molecule has 0 aromatic rings. The van der Waals surface area contributed by atoms with Crippen molar-refractivity contribution >= 4 is 12.1 Å². The zero-order valence-electron chi connectivity index (χ0n) is 8.19. The Kier molecular flexibility index (Phi) is 2.98. The summed E-state index contributed by atoms with van der Waals surface area (Å²) in [5, 5.41) is 18.0. The molecule has 0 bridgehead atoms. The first-order valence-electron chi connectivity index (χ1n) is 4.78. The van der Waals surface area contributed by atoms with Crippen molar-refractivity contribution in [3.05, 3.63) is 0 Å². The largest absolute Gasteiger partial charge is 0.479 e.